The number of nitrogens with zero attached hydrogens (tertiary/aromatic N) is 1. The van der Waals surface area contributed by atoms with Crippen LogP contribution in [0.4, 0.5) is 0 Å². The molecule has 0 spiro atoms. The van der Waals surface area contributed by atoms with Gasteiger partial charge in [-0.2, -0.15) is 0 Å². The third-order valence-corrected chi connectivity index (χ3v) is 5.19. The van der Waals surface area contributed by atoms with Gasteiger partial charge in [0.25, 0.3) is 0 Å². The summed E-state index contributed by atoms with van der Waals surface area (Å²) in [5.41, 5.74) is 0. The quantitative estimate of drug-likeness (QED) is 0.645. The fraction of sp³-hybridized carbons (Fsp3) is 0.579. The zero-order chi connectivity index (χ0) is 19.1. The van der Waals surface area contributed by atoms with E-state index in [9.17, 15) is 9.59 Å². The Bertz CT molecular complexity index is 631. The average molecular weight is 446 g/mol. The topological polar surface area (TPSA) is 58.6 Å². The van der Waals surface area contributed by atoms with Gasteiger partial charge in [-0.05, 0) is 37.5 Å². The highest BCUT2D eigenvalue weighted by atomic mass is 79.9. The van der Waals surface area contributed by atoms with E-state index in [1.54, 1.807) is 6.07 Å². The van der Waals surface area contributed by atoms with E-state index >= 15 is 0 Å². The van der Waals surface area contributed by atoms with Crippen molar-refractivity contribution in [2.24, 2.45) is 5.92 Å². The second-order valence-electron chi connectivity index (χ2n) is 6.85. The lowest BCUT2D eigenvalue weighted by Gasteiger charge is -2.32. The van der Waals surface area contributed by atoms with Gasteiger partial charge in [0.15, 0.2) is 0 Å². The van der Waals surface area contributed by atoms with Crippen molar-refractivity contribution in [3.8, 4) is 5.75 Å². The van der Waals surface area contributed by atoms with Gasteiger partial charge >= 0.3 is 0 Å². The Morgan fingerprint density at radius 3 is 2.65 bits per heavy atom. The Balaban J connectivity index is 1.65. The highest BCUT2D eigenvalue weighted by molar-refractivity contribution is 9.10. The van der Waals surface area contributed by atoms with Crippen LogP contribution < -0.4 is 10.1 Å². The fourth-order valence-electron chi connectivity index (χ4n) is 2.80. The molecule has 1 fully saturated rings. The molecule has 0 radical (unpaired) electrons. The van der Waals surface area contributed by atoms with E-state index in [0.717, 1.165) is 17.3 Å². The van der Waals surface area contributed by atoms with Gasteiger partial charge in [-0.25, -0.2) is 0 Å². The number of ether oxygens (including phenoxy) is 1. The number of nitrogens with one attached hydrogen (secondary N) is 1. The normalized spacial score (nSPS) is 15.2. The number of rotatable bonds is 7. The van der Waals surface area contributed by atoms with Crippen molar-refractivity contribution in [2.45, 2.75) is 45.6 Å². The van der Waals surface area contributed by atoms with Crippen molar-refractivity contribution >= 4 is 39.3 Å². The van der Waals surface area contributed by atoms with Gasteiger partial charge in [-0.15, -0.1) is 0 Å². The van der Waals surface area contributed by atoms with Crippen LogP contribution in [0.2, 0.25) is 5.02 Å². The maximum absolute atomic E-state index is 12.3. The standard InChI is InChI=1S/C19H26BrClN2O3/c1-13(2)19(25)22-15-7-9-23(10-8-15)18(24)4-3-11-26-17-6-5-14(20)12-16(17)21/h5-6,12-13,15H,3-4,7-11H2,1-2H3,(H,22,25). The SMILES string of the molecule is CC(C)C(=O)NC1CCN(C(=O)CCCOc2ccc(Br)cc2Cl)CC1. The highest BCUT2D eigenvalue weighted by Gasteiger charge is 2.24. The minimum Gasteiger partial charge on any atom is -0.492 e. The maximum Gasteiger partial charge on any atom is 0.222 e. The summed E-state index contributed by atoms with van der Waals surface area (Å²) in [6, 6.07) is 5.64. The molecule has 0 aromatic heterocycles. The Morgan fingerprint density at radius 2 is 2.04 bits per heavy atom. The molecule has 144 valence electrons. The zero-order valence-electron chi connectivity index (χ0n) is 15.3. The lowest BCUT2D eigenvalue weighted by Crippen LogP contribution is -2.47. The molecule has 1 heterocycles. The number of carbonyl (C=O) groups excluding carboxylic acids is 2. The Labute approximate surface area is 168 Å². The minimum absolute atomic E-state index is 0.00566. The summed E-state index contributed by atoms with van der Waals surface area (Å²) in [4.78, 5) is 25.9. The highest BCUT2D eigenvalue weighted by Crippen LogP contribution is 2.27. The van der Waals surface area contributed by atoms with Crippen LogP contribution in [0.3, 0.4) is 0 Å². The van der Waals surface area contributed by atoms with Crippen LogP contribution in [0.15, 0.2) is 22.7 Å². The summed E-state index contributed by atoms with van der Waals surface area (Å²) in [5, 5.41) is 3.60. The maximum atomic E-state index is 12.3. The van der Waals surface area contributed by atoms with Crippen LogP contribution >= 0.6 is 27.5 Å². The number of hydrogen-bond acceptors (Lipinski definition) is 3. The van der Waals surface area contributed by atoms with E-state index in [2.05, 4.69) is 21.2 Å². The van der Waals surface area contributed by atoms with Crippen molar-refractivity contribution in [2.75, 3.05) is 19.7 Å². The van der Waals surface area contributed by atoms with E-state index in [0.29, 0.717) is 43.3 Å². The molecule has 26 heavy (non-hydrogen) atoms. The third kappa shape index (κ3) is 6.47. The first-order valence-corrected chi connectivity index (χ1v) is 10.2. The summed E-state index contributed by atoms with van der Waals surface area (Å²) < 4.78 is 6.54. The molecule has 1 aromatic carbocycles. The van der Waals surface area contributed by atoms with Crippen LogP contribution in [-0.4, -0.2) is 42.5 Å². The molecule has 7 heteroatoms. The Morgan fingerprint density at radius 1 is 1.35 bits per heavy atom. The number of likely N-dealkylation sites (tertiary alicyclic amines) is 1. The van der Waals surface area contributed by atoms with Gasteiger partial charge in [-0.1, -0.05) is 41.4 Å². The molecule has 0 bridgehead atoms. The van der Waals surface area contributed by atoms with Gasteiger partial charge in [-0.3, -0.25) is 9.59 Å². The first-order valence-electron chi connectivity index (χ1n) is 9.03. The fourth-order valence-corrected chi connectivity index (χ4v) is 3.52. The van der Waals surface area contributed by atoms with Gasteiger partial charge in [0.1, 0.15) is 5.75 Å². The summed E-state index contributed by atoms with van der Waals surface area (Å²) in [7, 11) is 0. The number of carbonyl (C=O) groups is 2. The zero-order valence-corrected chi connectivity index (χ0v) is 17.6. The van der Waals surface area contributed by atoms with Crippen LogP contribution in [0.5, 0.6) is 5.75 Å². The van der Waals surface area contributed by atoms with Gasteiger partial charge in [0.2, 0.25) is 11.8 Å². The Kier molecular flexibility index (Phi) is 8.22. The molecule has 0 atom stereocenters. The molecule has 0 saturated carbocycles. The lowest BCUT2D eigenvalue weighted by molar-refractivity contribution is -0.132. The predicted octanol–water partition coefficient (Wildman–Crippen LogP) is 4.02. The summed E-state index contributed by atoms with van der Waals surface area (Å²) in [6.07, 6.45) is 2.73. The smallest absolute Gasteiger partial charge is 0.222 e. The molecular formula is C19H26BrClN2O3. The number of benzene rings is 1. The van der Waals surface area contributed by atoms with Crippen molar-refractivity contribution < 1.29 is 14.3 Å². The van der Waals surface area contributed by atoms with E-state index in [-0.39, 0.29) is 23.8 Å². The molecule has 0 aliphatic carbocycles. The van der Waals surface area contributed by atoms with Crippen LogP contribution in [0, 0.1) is 5.92 Å². The van der Waals surface area contributed by atoms with Gasteiger partial charge < -0.3 is 15.0 Å². The van der Waals surface area contributed by atoms with Gasteiger partial charge in [0, 0.05) is 35.9 Å². The molecule has 1 aliphatic heterocycles. The van der Waals surface area contributed by atoms with Crippen LogP contribution in [0.1, 0.15) is 39.5 Å². The molecule has 0 unspecified atom stereocenters. The first-order chi connectivity index (χ1) is 12.4. The van der Waals surface area contributed by atoms with E-state index < -0.39 is 0 Å². The van der Waals surface area contributed by atoms with Crippen LogP contribution in [-0.2, 0) is 9.59 Å². The molecule has 1 saturated heterocycles. The molecule has 2 amide bonds. The second kappa shape index (κ2) is 10.2. The monoisotopic (exact) mass is 444 g/mol. The molecule has 5 nitrogen and oxygen atoms in total. The largest absolute Gasteiger partial charge is 0.492 e. The van der Waals surface area contributed by atoms with Crippen molar-refractivity contribution in [1.29, 1.82) is 0 Å². The number of halogens is 2. The number of hydrogen-bond donors (Lipinski definition) is 1. The number of piperidine rings is 1. The van der Waals surface area contributed by atoms with Crippen molar-refractivity contribution in [3.05, 3.63) is 27.7 Å². The molecule has 1 N–H and O–H groups in total. The minimum atomic E-state index is -0.00566. The molecule has 1 aromatic rings. The first kappa shape index (κ1) is 21.0. The van der Waals surface area contributed by atoms with E-state index in [1.807, 2.05) is 30.9 Å². The second-order valence-corrected chi connectivity index (χ2v) is 8.17. The average Bonchev–Trinajstić information content (AvgIpc) is 2.60. The van der Waals surface area contributed by atoms with Crippen molar-refractivity contribution in [1.82, 2.24) is 10.2 Å². The van der Waals surface area contributed by atoms with Crippen LogP contribution in [0.25, 0.3) is 0 Å². The summed E-state index contributed by atoms with van der Waals surface area (Å²) in [6.45, 7) is 5.62. The lowest BCUT2D eigenvalue weighted by atomic mass is 10.0. The van der Waals surface area contributed by atoms with E-state index in [4.69, 9.17) is 16.3 Å². The predicted molar refractivity (Wildman–Crippen MR) is 106 cm³/mol. The Hall–Kier alpha value is -1.27. The number of amides is 2. The molecule has 1 aliphatic rings. The third-order valence-electron chi connectivity index (χ3n) is 4.40. The summed E-state index contributed by atoms with van der Waals surface area (Å²) in [5.74, 6) is 0.848. The molecule has 2 rings (SSSR count). The van der Waals surface area contributed by atoms with E-state index in [1.165, 1.54) is 0 Å². The molecular weight excluding hydrogens is 420 g/mol. The van der Waals surface area contributed by atoms with Gasteiger partial charge in [0.05, 0.1) is 11.6 Å². The van der Waals surface area contributed by atoms with Crippen molar-refractivity contribution in [3.63, 3.8) is 0 Å². The summed E-state index contributed by atoms with van der Waals surface area (Å²) >= 11 is 9.45.